The molecule has 0 saturated heterocycles. The zero-order valence-corrected chi connectivity index (χ0v) is 13.3. The van der Waals surface area contributed by atoms with Crippen molar-refractivity contribution in [3.05, 3.63) is 68.6 Å². The molecule has 3 heteroatoms. The fourth-order valence-corrected chi connectivity index (χ4v) is 3.22. The van der Waals surface area contributed by atoms with Gasteiger partial charge in [0.25, 0.3) is 0 Å². The van der Waals surface area contributed by atoms with Crippen LogP contribution in [0.1, 0.15) is 24.1 Å². The van der Waals surface area contributed by atoms with E-state index in [1.165, 1.54) is 11.1 Å². The highest BCUT2D eigenvalue weighted by atomic mass is 79.9. The average molecular weight is 369 g/mol. The molecule has 94 valence electrons. The molecule has 0 aliphatic rings. The third-order valence-electron chi connectivity index (χ3n) is 2.88. The fourth-order valence-electron chi connectivity index (χ4n) is 1.83. The molecule has 0 aliphatic carbocycles. The van der Waals surface area contributed by atoms with Crippen LogP contribution in [0.15, 0.2) is 57.5 Å². The first-order valence-corrected chi connectivity index (χ1v) is 7.47. The summed E-state index contributed by atoms with van der Waals surface area (Å²) < 4.78 is 2.22. The molecule has 2 aromatic rings. The number of halogens is 2. The minimum absolute atomic E-state index is 0.313. The monoisotopic (exact) mass is 367 g/mol. The molecule has 2 rings (SSSR count). The molecule has 1 N–H and O–H groups in total. The Morgan fingerprint density at radius 3 is 2.44 bits per heavy atom. The normalized spacial score (nSPS) is 12.4. The predicted octanol–water partition coefficient (Wildman–Crippen LogP) is 5.06. The van der Waals surface area contributed by atoms with Crippen LogP contribution in [0.25, 0.3) is 0 Å². The number of rotatable bonds is 4. The standard InChI is InChI=1S/C15H15Br2N/c1-11(14-8-7-13(16)9-15(14)17)18-10-12-5-3-2-4-6-12/h2-9,11,18H,10H2,1H3. The van der Waals surface area contributed by atoms with Crippen LogP contribution in [-0.2, 0) is 6.54 Å². The summed E-state index contributed by atoms with van der Waals surface area (Å²) in [5.41, 5.74) is 2.58. The van der Waals surface area contributed by atoms with E-state index in [9.17, 15) is 0 Å². The maximum absolute atomic E-state index is 3.60. The summed E-state index contributed by atoms with van der Waals surface area (Å²) in [6.07, 6.45) is 0. The molecule has 1 nitrogen and oxygen atoms in total. The smallest absolute Gasteiger partial charge is 0.0306 e. The largest absolute Gasteiger partial charge is 0.306 e. The Bertz CT molecular complexity index is 511. The third kappa shape index (κ3) is 3.67. The van der Waals surface area contributed by atoms with Crippen molar-refractivity contribution in [3.63, 3.8) is 0 Å². The van der Waals surface area contributed by atoms with Crippen LogP contribution in [-0.4, -0.2) is 0 Å². The molecule has 0 fully saturated rings. The SMILES string of the molecule is CC(NCc1ccccc1)c1ccc(Br)cc1Br. The fraction of sp³-hybridized carbons (Fsp3) is 0.200. The Morgan fingerprint density at radius 2 is 1.78 bits per heavy atom. The van der Waals surface area contributed by atoms with Crippen molar-refractivity contribution >= 4 is 31.9 Å². The number of nitrogens with one attached hydrogen (secondary N) is 1. The lowest BCUT2D eigenvalue weighted by Crippen LogP contribution is -2.18. The van der Waals surface area contributed by atoms with E-state index in [0.717, 1.165) is 15.5 Å². The molecule has 18 heavy (non-hydrogen) atoms. The zero-order chi connectivity index (χ0) is 13.0. The minimum Gasteiger partial charge on any atom is -0.306 e. The first kappa shape index (κ1) is 13.8. The van der Waals surface area contributed by atoms with Crippen molar-refractivity contribution in [1.82, 2.24) is 5.32 Å². The summed E-state index contributed by atoms with van der Waals surface area (Å²) in [5.74, 6) is 0. The Morgan fingerprint density at radius 1 is 1.06 bits per heavy atom. The predicted molar refractivity (Wildman–Crippen MR) is 83.5 cm³/mol. The quantitative estimate of drug-likeness (QED) is 0.794. The van der Waals surface area contributed by atoms with Gasteiger partial charge in [-0.15, -0.1) is 0 Å². The lowest BCUT2D eigenvalue weighted by Gasteiger charge is -2.16. The van der Waals surface area contributed by atoms with Crippen LogP contribution in [0.2, 0.25) is 0 Å². The number of benzene rings is 2. The summed E-state index contributed by atoms with van der Waals surface area (Å²) >= 11 is 7.07. The van der Waals surface area contributed by atoms with Crippen molar-refractivity contribution < 1.29 is 0 Å². The van der Waals surface area contributed by atoms with Gasteiger partial charge in [0, 0.05) is 21.5 Å². The highest BCUT2D eigenvalue weighted by Gasteiger charge is 2.08. The van der Waals surface area contributed by atoms with E-state index < -0.39 is 0 Å². The van der Waals surface area contributed by atoms with E-state index in [-0.39, 0.29) is 0 Å². The van der Waals surface area contributed by atoms with Gasteiger partial charge >= 0.3 is 0 Å². The second kappa shape index (κ2) is 6.50. The molecular weight excluding hydrogens is 354 g/mol. The summed E-state index contributed by atoms with van der Waals surface area (Å²) in [6.45, 7) is 3.06. The maximum atomic E-state index is 3.60. The second-order valence-corrected chi connectivity index (χ2v) is 6.02. The number of hydrogen-bond acceptors (Lipinski definition) is 1. The summed E-state index contributed by atoms with van der Waals surface area (Å²) in [6, 6.07) is 17.0. The summed E-state index contributed by atoms with van der Waals surface area (Å²) in [4.78, 5) is 0. The Hall–Kier alpha value is -0.640. The van der Waals surface area contributed by atoms with E-state index in [4.69, 9.17) is 0 Å². The van der Waals surface area contributed by atoms with Crippen LogP contribution < -0.4 is 5.32 Å². The highest BCUT2D eigenvalue weighted by Crippen LogP contribution is 2.26. The molecule has 0 radical (unpaired) electrons. The lowest BCUT2D eigenvalue weighted by atomic mass is 10.1. The average Bonchev–Trinajstić information content (AvgIpc) is 2.37. The van der Waals surface area contributed by atoms with Gasteiger partial charge in [-0.1, -0.05) is 68.3 Å². The van der Waals surface area contributed by atoms with Crippen LogP contribution in [0, 0.1) is 0 Å². The van der Waals surface area contributed by atoms with Crippen molar-refractivity contribution in [2.75, 3.05) is 0 Å². The van der Waals surface area contributed by atoms with Gasteiger partial charge < -0.3 is 5.32 Å². The Labute approximate surface area is 125 Å². The molecular formula is C15H15Br2N. The van der Waals surface area contributed by atoms with Gasteiger partial charge in [0.05, 0.1) is 0 Å². The lowest BCUT2D eigenvalue weighted by molar-refractivity contribution is 0.573. The first-order chi connectivity index (χ1) is 8.66. The van der Waals surface area contributed by atoms with Gasteiger partial charge in [-0.25, -0.2) is 0 Å². The first-order valence-electron chi connectivity index (χ1n) is 5.89. The van der Waals surface area contributed by atoms with Gasteiger partial charge in [0.15, 0.2) is 0 Å². The molecule has 0 bridgehead atoms. The molecule has 1 unspecified atom stereocenters. The maximum Gasteiger partial charge on any atom is 0.0306 e. The molecule has 0 spiro atoms. The molecule has 2 aromatic carbocycles. The van der Waals surface area contributed by atoms with Crippen molar-refractivity contribution in [1.29, 1.82) is 0 Å². The summed E-state index contributed by atoms with van der Waals surface area (Å²) in [5, 5.41) is 3.53. The molecule has 0 aliphatic heterocycles. The molecule has 0 saturated carbocycles. The number of hydrogen-bond donors (Lipinski definition) is 1. The molecule has 0 heterocycles. The van der Waals surface area contributed by atoms with Crippen molar-refractivity contribution in [2.45, 2.75) is 19.5 Å². The summed E-state index contributed by atoms with van der Waals surface area (Å²) in [7, 11) is 0. The van der Waals surface area contributed by atoms with Gasteiger partial charge in [-0.2, -0.15) is 0 Å². The minimum atomic E-state index is 0.313. The van der Waals surface area contributed by atoms with Crippen LogP contribution in [0.3, 0.4) is 0 Å². The third-order valence-corrected chi connectivity index (χ3v) is 4.06. The van der Waals surface area contributed by atoms with Crippen molar-refractivity contribution in [3.8, 4) is 0 Å². The van der Waals surface area contributed by atoms with Gasteiger partial charge in [0.1, 0.15) is 0 Å². The highest BCUT2D eigenvalue weighted by molar-refractivity contribution is 9.11. The molecule has 0 aromatic heterocycles. The van der Waals surface area contributed by atoms with Gasteiger partial charge in [0.2, 0.25) is 0 Å². The second-order valence-electron chi connectivity index (χ2n) is 4.25. The van der Waals surface area contributed by atoms with Crippen LogP contribution in [0.5, 0.6) is 0 Å². The molecule has 1 atom stereocenters. The molecule has 0 amide bonds. The van der Waals surface area contributed by atoms with Crippen molar-refractivity contribution in [2.24, 2.45) is 0 Å². The van der Waals surface area contributed by atoms with Gasteiger partial charge in [-0.3, -0.25) is 0 Å². The van der Waals surface area contributed by atoms with E-state index in [1.807, 2.05) is 6.07 Å². The van der Waals surface area contributed by atoms with Crippen LogP contribution in [0.4, 0.5) is 0 Å². The van der Waals surface area contributed by atoms with Crippen LogP contribution >= 0.6 is 31.9 Å². The van der Waals surface area contributed by atoms with Gasteiger partial charge in [-0.05, 0) is 30.2 Å². The zero-order valence-electron chi connectivity index (χ0n) is 10.2. The Kier molecular flexibility index (Phi) is 4.98. The Balaban J connectivity index is 2.01. The van der Waals surface area contributed by atoms with E-state index in [0.29, 0.717) is 6.04 Å². The van der Waals surface area contributed by atoms with E-state index in [1.54, 1.807) is 0 Å². The topological polar surface area (TPSA) is 12.0 Å². The van der Waals surface area contributed by atoms with E-state index >= 15 is 0 Å². The van der Waals surface area contributed by atoms with E-state index in [2.05, 4.69) is 86.6 Å².